The largest absolute Gasteiger partial charge is 0.507 e. The van der Waals surface area contributed by atoms with Crippen LogP contribution in [0.25, 0.3) is 22.5 Å². The first kappa shape index (κ1) is 22.1. The lowest BCUT2D eigenvalue weighted by Gasteiger charge is -2.32. The minimum Gasteiger partial charge on any atom is -0.507 e. The molecule has 1 aliphatic carbocycles. The Hall–Kier alpha value is -3.09. The standard InChI is InChI=1S/C25H30FN5O/c1-4-9-25(3)10-5-6-21(26)20(14-25)17(2)24-28-15-22(29-30-24)19-8-7-18(13-23(19)32)31-12-11-27-16-31/h7-8,11-13,15-16,20-21,32H,2,4-6,9-10,14H2,1,3H3/t20-,21-,25+/m0/s1. The van der Waals surface area contributed by atoms with Crippen molar-refractivity contribution >= 4 is 5.57 Å². The maximum atomic E-state index is 15.0. The molecule has 3 aromatic rings. The van der Waals surface area contributed by atoms with Crippen molar-refractivity contribution in [2.45, 2.75) is 58.5 Å². The number of aromatic nitrogens is 5. The summed E-state index contributed by atoms with van der Waals surface area (Å²) in [6.45, 7) is 8.60. The van der Waals surface area contributed by atoms with E-state index in [1.54, 1.807) is 41.6 Å². The van der Waals surface area contributed by atoms with E-state index < -0.39 is 6.17 Å². The van der Waals surface area contributed by atoms with Gasteiger partial charge < -0.3 is 9.67 Å². The summed E-state index contributed by atoms with van der Waals surface area (Å²) in [5.74, 6) is 0.142. The molecule has 2 heterocycles. The molecule has 2 aromatic heterocycles. The summed E-state index contributed by atoms with van der Waals surface area (Å²) in [6.07, 6.45) is 11.2. The van der Waals surface area contributed by atoms with Crippen LogP contribution in [0.5, 0.6) is 5.75 Å². The molecule has 1 aliphatic rings. The Morgan fingerprint density at radius 2 is 2.19 bits per heavy atom. The van der Waals surface area contributed by atoms with E-state index in [0.29, 0.717) is 29.1 Å². The van der Waals surface area contributed by atoms with E-state index in [0.717, 1.165) is 37.8 Å². The topological polar surface area (TPSA) is 76.7 Å². The molecule has 0 spiro atoms. The fraction of sp³-hybridized carbons (Fsp3) is 0.440. The third kappa shape index (κ3) is 4.56. The molecule has 1 saturated carbocycles. The number of phenols is 1. The Morgan fingerprint density at radius 3 is 2.84 bits per heavy atom. The summed E-state index contributed by atoms with van der Waals surface area (Å²) >= 11 is 0. The highest BCUT2D eigenvalue weighted by Gasteiger charge is 2.37. The average Bonchev–Trinajstić information content (AvgIpc) is 3.27. The Bertz CT molecular complexity index is 1070. The molecular formula is C25H30FN5O. The first-order valence-corrected chi connectivity index (χ1v) is 11.2. The van der Waals surface area contributed by atoms with E-state index in [1.807, 2.05) is 6.07 Å². The number of halogens is 1. The molecule has 6 nitrogen and oxygen atoms in total. The molecule has 7 heteroatoms. The van der Waals surface area contributed by atoms with Crippen LogP contribution in [0.4, 0.5) is 4.39 Å². The van der Waals surface area contributed by atoms with E-state index in [9.17, 15) is 5.11 Å². The number of phenolic OH excluding ortho intramolecular Hbond substituents is 1. The second-order valence-electron chi connectivity index (χ2n) is 9.14. The van der Waals surface area contributed by atoms with Crippen LogP contribution in [-0.2, 0) is 0 Å². The average molecular weight is 436 g/mol. The van der Waals surface area contributed by atoms with Crippen molar-refractivity contribution in [2.75, 3.05) is 0 Å². The first-order valence-electron chi connectivity index (χ1n) is 11.2. The van der Waals surface area contributed by atoms with Gasteiger partial charge in [-0.2, -0.15) is 0 Å². The Balaban J connectivity index is 1.55. The maximum Gasteiger partial charge on any atom is 0.177 e. The molecule has 0 aliphatic heterocycles. The maximum absolute atomic E-state index is 15.0. The van der Waals surface area contributed by atoms with Crippen molar-refractivity contribution in [1.82, 2.24) is 24.7 Å². The van der Waals surface area contributed by atoms with Crippen LogP contribution >= 0.6 is 0 Å². The molecule has 168 valence electrons. The van der Waals surface area contributed by atoms with Crippen LogP contribution in [-0.4, -0.2) is 36.0 Å². The lowest BCUT2D eigenvalue weighted by Crippen LogP contribution is -2.24. The van der Waals surface area contributed by atoms with Gasteiger partial charge in [-0.15, -0.1) is 10.2 Å². The molecule has 1 fully saturated rings. The summed E-state index contributed by atoms with van der Waals surface area (Å²) in [5, 5.41) is 19.0. The van der Waals surface area contributed by atoms with Crippen molar-refractivity contribution in [2.24, 2.45) is 11.3 Å². The first-order chi connectivity index (χ1) is 15.4. The molecule has 0 amide bonds. The van der Waals surface area contributed by atoms with Crippen molar-refractivity contribution in [1.29, 1.82) is 0 Å². The zero-order valence-electron chi connectivity index (χ0n) is 18.7. The molecule has 1 N–H and O–H groups in total. The number of imidazole rings is 1. The summed E-state index contributed by atoms with van der Waals surface area (Å²) in [5.41, 5.74) is 2.48. The summed E-state index contributed by atoms with van der Waals surface area (Å²) in [7, 11) is 0. The van der Waals surface area contributed by atoms with Crippen LogP contribution in [0, 0.1) is 11.3 Å². The van der Waals surface area contributed by atoms with Gasteiger partial charge in [-0.3, -0.25) is 0 Å². The molecule has 3 atom stereocenters. The van der Waals surface area contributed by atoms with E-state index in [1.165, 1.54) is 0 Å². The quantitative estimate of drug-likeness (QED) is 0.497. The highest BCUT2D eigenvalue weighted by Crippen LogP contribution is 2.45. The molecule has 32 heavy (non-hydrogen) atoms. The number of rotatable bonds is 6. The summed E-state index contributed by atoms with van der Waals surface area (Å²) in [6, 6.07) is 5.27. The zero-order valence-corrected chi connectivity index (χ0v) is 18.7. The van der Waals surface area contributed by atoms with Gasteiger partial charge in [0, 0.05) is 29.9 Å². The molecule has 1 aromatic carbocycles. The van der Waals surface area contributed by atoms with Crippen molar-refractivity contribution in [3.63, 3.8) is 0 Å². The summed E-state index contributed by atoms with van der Waals surface area (Å²) < 4.78 is 16.8. The zero-order chi connectivity index (χ0) is 22.7. The van der Waals surface area contributed by atoms with Gasteiger partial charge in [-0.05, 0) is 55.2 Å². The van der Waals surface area contributed by atoms with Gasteiger partial charge in [0.15, 0.2) is 5.82 Å². The monoisotopic (exact) mass is 435 g/mol. The van der Waals surface area contributed by atoms with Crippen molar-refractivity contribution in [3.8, 4) is 22.7 Å². The molecule has 0 bridgehead atoms. The predicted molar refractivity (Wildman–Crippen MR) is 123 cm³/mol. The highest BCUT2D eigenvalue weighted by atomic mass is 19.1. The third-order valence-corrected chi connectivity index (χ3v) is 6.62. The van der Waals surface area contributed by atoms with Gasteiger partial charge in [0.05, 0.1) is 18.2 Å². The van der Waals surface area contributed by atoms with Gasteiger partial charge in [0.2, 0.25) is 0 Å². The molecule has 0 radical (unpaired) electrons. The highest BCUT2D eigenvalue weighted by molar-refractivity contribution is 5.68. The van der Waals surface area contributed by atoms with Gasteiger partial charge in [-0.25, -0.2) is 14.4 Å². The van der Waals surface area contributed by atoms with Crippen molar-refractivity contribution in [3.05, 3.63) is 55.5 Å². The predicted octanol–water partition coefficient (Wildman–Crippen LogP) is 5.78. The number of hydrogen-bond acceptors (Lipinski definition) is 5. The number of allylic oxidation sites excluding steroid dienone is 1. The molecule has 4 rings (SSSR count). The fourth-order valence-corrected chi connectivity index (χ4v) is 4.88. The van der Waals surface area contributed by atoms with Crippen LogP contribution < -0.4 is 0 Å². The number of nitrogens with zero attached hydrogens (tertiary/aromatic N) is 5. The Morgan fingerprint density at radius 1 is 1.34 bits per heavy atom. The molecule has 0 saturated heterocycles. The Kier molecular flexibility index (Phi) is 6.35. The van der Waals surface area contributed by atoms with E-state index in [4.69, 9.17) is 0 Å². The van der Waals surface area contributed by atoms with Crippen LogP contribution in [0.3, 0.4) is 0 Å². The number of benzene rings is 1. The van der Waals surface area contributed by atoms with Gasteiger partial charge in [0.1, 0.15) is 17.6 Å². The van der Waals surface area contributed by atoms with E-state index in [-0.39, 0.29) is 17.1 Å². The van der Waals surface area contributed by atoms with Crippen molar-refractivity contribution < 1.29 is 9.50 Å². The Labute approximate surface area is 188 Å². The normalized spacial score (nSPS) is 23.6. The van der Waals surface area contributed by atoms with E-state index in [2.05, 4.69) is 40.6 Å². The molecular weight excluding hydrogens is 405 g/mol. The van der Waals surface area contributed by atoms with Gasteiger partial charge in [0.25, 0.3) is 0 Å². The number of aromatic hydroxyl groups is 1. The van der Waals surface area contributed by atoms with Crippen LogP contribution in [0.15, 0.2) is 49.7 Å². The van der Waals surface area contributed by atoms with Crippen LogP contribution in [0.2, 0.25) is 0 Å². The second-order valence-corrected chi connectivity index (χ2v) is 9.14. The smallest absolute Gasteiger partial charge is 0.177 e. The SMILES string of the molecule is C=C(c1ncc(-c2ccc(-n3ccnc3)cc2O)nn1)[C@@H]1C[C@](C)(CCC)CCC[C@@H]1F. The number of hydrogen-bond donors (Lipinski definition) is 1. The second kappa shape index (κ2) is 9.18. The van der Waals surface area contributed by atoms with Gasteiger partial charge >= 0.3 is 0 Å². The lowest BCUT2D eigenvalue weighted by molar-refractivity contribution is 0.199. The minimum absolute atomic E-state index is 0.0711. The van der Waals surface area contributed by atoms with Crippen LogP contribution in [0.1, 0.15) is 58.2 Å². The third-order valence-electron chi connectivity index (χ3n) is 6.62. The van der Waals surface area contributed by atoms with E-state index >= 15 is 4.39 Å². The minimum atomic E-state index is -0.941. The molecule has 0 unspecified atom stereocenters. The fourth-order valence-electron chi connectivity index (χ4n) is 4.88. The number of alkyl halides is 1. The lowest BCUT2D eigenvalue weighted by atomic mass is 9.74. The van der Waals surface area contributed by atoms with Gasteiger partial charge in [-0.1, -0.05) is 26.8 Å². The summed E-state index contributed by atoms with van der Waals surface area (Å²) in [4.78, 5) is 8.45.